The summed E-state index contributed by atoms with van der Waals surface area (Å²) in [7, 11) is 0. The molecule has 1 aliphatic heterocycles. The molecule has 1 N–H and O–H groups in total. The van der Waals surface area contributed by atoms with Gasteiger partial charge in [0.25, 0.3) is 0 Å². The first-order chi connectivity index (χ1) is 8.69. The van der Waals surface area contributed by atoms with Gasteiger partial charge in [0.1, 0.15) is 5.82 Å². The zero-order valence-corrected chi connectivity index (χ0v) is 11.4. The topological polar surface area (TPSA) is 15.3 Å². The van der Waals surface area contributed by atoms with E-state index in [1.54, 1.807) is 6.07 Å². The Bertz CT molecular complexity index is 392. The molecule has 2 nitrogen and oxygen atoms in total. The lowest BCUT2D eigenvalue weighted by Gasteiger charge is -2.32. The smallest absolute Gasteiger partial charge is 0.123 e. The molecule has 3 heteroatoms. The second-order valence-corrected chi connectivity index (χ2v) is 5.18. The van der Waals surface area contributed by atoms with Gasteiger partial charge in [-0.05, 0) is 56.1 Å². The zero-order valence-electron chi connectivity index (χ0n) is 11.4. The molecule has 1 fully saturated rings. The van der Waals surface area contributed by atoms with Crippen LogP contribution in [0.1, 0.15) is 30.9 Å². The number of likely N-dealkylation sites (tertiary alicyclic amines) is 1. The molecule has 2 rings (SSSR count). The SMILES string of the molecule is CCN1CCCC(NCc2cc(F)ccc2C)C1. The van der Waals surface area contributed by atoms with Crippen LogP contribution in [0.3, 0.4) is 0 Å². The highest BCUT2D eigenvalue weighted by Gasteiger charge is 2.18. The summed E-state index contributed by atoms with van der Waals surface area (Å²) in [6.07, 6.45) is 2.48. The number of piperidine rings is 1. The first-order valence-electron chi connectivity index (χ1n) is 6.90. The summed E-state index contributed by atoms with van der Waals surface area (Å²) in [5.41, 5.74) is 2.23. The quantitative estimate of drug-likeness (QED) is 0.884. The first kappa shape index (κ1) is 13.5. The molecule has 0 radical (unpaired) electrons. The van der Waals surface area contributed by atoms with E-state index >= 15 is 0 Å². The largest absolute Gasteiger partial charge is 0.309 e. The maximum Gasteiger partial charge on any atom is 0.123 e. The van der Waals surface area contributed by atoms with Crippen molar-refractivity contribution in [1.29, 1.82) is 0 Å². The lowest BCUT2D eigenvalue weighted by atomic mass is 10.0. The van der Waals surface area contributed by atoms with Gasteiger partial charge >= 0.3 is 0 Å². The molecule has 1 unspecified atom stereocenters. The molecular weight excluding hydrogens is 227 g/mol. The summed E-state index contributed by atoms with van der Waals surface area (Å²) in [5, 5.41) is 3.56. The zero-order chi connectivity index (χ0) is 13.0. The minimum Gasteiger partial charge on any atom is -0.309 e. The number of benzene rings is 1. The van der Waals surface area contributed by atoms with Crippen molar-refractivity contribution in [3.8, 4) is 0 Å². The Hall–Kier alpha value is -0.930. The fraction of sp³-hybridized carbons (Fsp3) is 0.600. The molecule has 1 heterocycles. The normalized spacial score (nSPS) is 21.2. The van der Waals surface area contributed by atoms with Crippen LogP contribution in [0.4, 0.5) is 4.39 Å². The van der Waals surface area contributed by atoms with Gasteiger partial charge in [-0.2, -0.15) is 0 Å². The van der Waals surface area contributed by atoms with E-state index in [0.29, 0.717) is 6.04 Å². The molecule has 0 spiro atoms. The second-order valence-electron chi connectivity index (χ2n) is 5.18. The Morgan fingerprint density at radius 3 is 3.06 bits per heavy atom. The summed E-state index contributed by atoms with van der Waals surface area (Å²) >= 11 is 0. The van der Waals surface area contributed by atoms with Crippen molar-refractivity contribution in [1.82, 2.24) is 10.2 Å². The third-order valence-electron chi connectivity index (χ3n) is 3.85. The molecule has 100 valence electrons. The summed E-state index contributed by atoms with van der Waals surface area (Å²) in [4.78, 5) is 2.47. The van der Waals surface area contributed by atoms with E-state index < -0.39 is 0 Å². The van der Waals surface area contributed by atoms with E-state index in [-0.39, 0.29) is 5.82 Å². The molecule has 0 saturated carbocycles. The Morgan fingerprint density at radius 1 is 1.44 bits per heavy atom. The Morgan fingerprint density at radius 2 is 2.28 bits per heavy atom. The lowest BCUT2D eigenvalue weighted by molar-refractivity contribution is 0.198. The Balaban J connectivity index is 1.89. The van der Waals surface area contributed by atoms with Gasteiger partial charge in [-0.15, -0.1) is 0 Å². The summed E-state index contributed by atoms with van der Waals surface area (Å²) in [5.74, 6) is -0.142. The summed E-state index contributed by atoms with van der Waals surface area (Å²) in [6.45, 7) is 8.47. The third-order valence-corrected chi connectivity index (χ3v) is 3.85. The van der Waals surface area contributed by atoms with Crippen LogP contribution in [0.25, 0.3) is 0 Å². The highest BCUT2D eigenvalue weighted by molar-refractivity contribution is 5.26. The third kappa shape index (κ3) is 3.53. The van der Waals surface area contributed by atoms with Gasteiger partial charge in [-0.1, -0.05) is 13.0 Å². The highest BCUT2D eigenvalue weighted by Crippen LogP contribution is 2.13. The average molecular weight is 250 g/mol. The second kappa shape index (κ2) is 6.30. The monoisotopic (exact) mass is 250 g/mol. The molecule has 0 bridgehead atoms. The lowest BCUT2D eigenvalue weighted by Crippen LogP contribution is -2.45. The van der Waals surface area contributed by atoms with Gasteiger partial charge < -0.3 is 10.2 Å². The summed E-state index contributed by atoms with van der Waals surface area (Å²) < 4.78 is 13.2. The molecule has 1 saturated heterocycles. The van der Waals surface area contributed by atoms with Crippen LogP contribution in [0.2, 0.25) is 0 Å². The number of hydrogen-bond donors (Lipinski definition) is 1. The van der Waals surface area contributed by atoms with Gasteiger partial charge in [-0.25, -0.2) is 4.39 Å². The van der Waals surface area contributed by atoms with Crippen LogP contribution in [-0.2, 0) is 6.54 Å². The molecule has 1 atom stereocenters. The van der Waals surface area contributed by atoms with Crippen molar-refractivity contribution in [2.75, 3.05) is 19.6 Å². The van der Waals surface area contributed by atoms with E-state index in [2.05, 4.69) is 17.1 Å². The predicted octanol–water partition coefficient (Wildman–Crippen LogP) is 2.71. The van der Waals surface area contributed by atoms with Crippen molar-refractivity contribution < 1.29 is 4.39 Å². The van der Waals surface area contributed by atoms with E-state index in [4.69, 9.17) is 0 Å². The van der Waals surface area contributed by atoms with Gasteiger partial charge in [0.05, 0.1) is 0 Å². The van der Waals surface area contributed by atoms with E-state index in [1.807, 2.05) is 13.0 Å². The maximum absolute atomic E-state index is 13.2. The molecule has 0 aromatic heterocycles. The molecular formula is C15H23FN2. The van der Waals surface area contributed by atoms with Crippen LogP contribution in [0.5, 0.6) is 0 Å². The van der Waals surface area contributed by atoms with Gasteiger partial charge in [0.2, 0.25) is 0 Å². The average Bonchev–Trinajstić information content (AvgIpc) is 2.40. The minimum absolute atomic E-state index is 0.142. The van der Waals surface area contributed by atoms with Gasteiger partial charge in [0, 0.05) is 19.1 Å². The molecule has 1 aromatic rings. The molecule has 0 amide bonds. The van der Waals surface area contributed by atoms with Crippen LogP contribution < -0.4 is 5.32 Å². The number of hydrogen-bond acceptors (Lipinski definition) is 2. The maximum atomic E-state index is 13.2. The van der Waals surface area contributed by atoms with Crippen LogP contribution in [-0.4, -0.2) is 30.6 Å². The number of likely N-dealkylation sites (N-methyl/N-ethyl adjacent to an activating group) is 1. The molecule has 1 aliphatic rings. The van der Waals surface area contributed by atoms with Crippen LogP contribution in [0, 0.1) is 12.7 Å². The number of aryl methyl sites for hydroxylation is 1. The van der Waals surface area contributed by atoms with Gasteiger partial charge in [0.15, 0.2) is 0 Å². The molecule has 0 aliphatic carbocycles. The fourth-order valence-electron chi connectivity index (χ4n) is 2.59. The predicted molar refractivity (Wildman–Crippen MR) is 73.1 cm³/mol. The standard InChI is InChI=1S/C15H23FN2/c1-3-18-8-4-5-15(11-18)17-10-13-9-14(16)7-6-12(13)2/h6-7,9,15,17H,3-5,8,10-11H2,1-2H3. The van der Waals surface area contributed by atoms with Gasteiger partial charge in [-0.3, -0.25) is 0 Å². The van der Waals surface area contributed by atoms with Crippen LogP contribution >= 0.6 is 0 Å². The Kier molecular flexibility index (Phi) is 4.72. The molecule has 1 aromatic carbocycles. The van der Waals surface area contributed by atoms with Crippen molar-refractivity contribution in [3.05, 3.63) is 35.1 Å². The van der Waals surface area contributed by atoms with Crippen LogP contribution in [0.15, 0.2) is 18.2 Å². The van der Waals surface area contributed by atoms with Crippen molar-refractivity contribution in [2.24, 2.45) is 0 Å². The minimum atomic E-state index is -0.142. The summed E-state index contributed by atoms with van der Waals surface area (Å²) in [6, 6.07) is 5.56. The highest BCUT2D eigenvalue weighted by atomic mass is 19.1. The van der Waals surface area contributed by atoms with Crippen molar-refractivity contribution in [2.45, 2.75) is 39.3 Å². The van der Waals surface area contributed by atoms with E-state index in [0.717, 1.165) is 30.8 Å². The van der Waals surface area contributed by atoms with E-state index in [1.165, 1.54) is 25.5 Å². The van der Waals surface area contributed by atoms with E-state index in [9.17, 15) is 4.39 Å². The van der Waals surface area contributed by atoms with Crippen molar-refractivity contribution >= 4 is 0 Å². The van der Waals surface area contributed by atoms with Crippen molar-refractivity contribution in [3.63, 3.8) is 0 Å². The fourth-order valence-corrected chi connectivity index (χ4v) is 2.59. The Labute approximate surface area is 109 Å². The number of rotatable bonds is 4. The number of nitrogens with zero attached hydrogens (tertiary/aromatic N) is 1. The first-order valence-corrected chi connectivity index (χ1v) is 6.90. The molecule has 18 heavy (non-hydrogen) atoms. The number of halogens is 1. The number of nitrogens with one attached hydrogen (secondary N) is 1.